The summed E-state index contributed by atoms with van der Waals surface area (Å²) >= 11 is 0. The molecule has 0 bridgehead atoms. The van der Waals surface area contributed by atoms with Gasteiger partial charge >= 0.3 is 0 Å². The molecule has 3 N–H and O–H groups in total. The Bertz CT molecular complexity index is 480. The van der Waals surface area contributed by atoms with Crippen molar-refractivity contribution in [3.8, 4) is 11.3 Å². The number of aromatic nitrogens is 2. The third-order valence-electron chi connectivity index (χ3n) is 3.34. The maximum Gasteiger partial charge on any atom is 0.126 e. The van der Waals surface area contributed by atoms with Gasteiger partial charge in [-0.25, -0.2) is 4.98 Å². The van der Waals surface area contributed by atoms with E-state index in [9.17, 15) is 0 Å². The van der Waals surface area contributed by atoms with Crippen LogP contribution in [0.1, 0.15) is 25.6 Å². The molecule has 1 aliphatic carbocycles. The fourth-order valence-electron chi connectivity index (χ4n) is 2.04. The van der Waals surface area contributed by atoms with Gasteiger partial charge in [0.05, 0.1) is 30.0 Å². The van der Waals surface area contributed by atoms with E-state index in [0.29, 0.717) is 5.92 Å². The Morgan fingerprint density at radius 1 is 1.56 bits per heavy atom. The van der Waals surface area contributed by atoms with Gasteiger partial charge in [0.2, 0.25) is 0 Å². The van der Waals surface area contributed by atoms with E-state index < -0.39 is 0 Å². The summed E-state index contributed by atoms with van der Waals surface area (Å²) in [5, 5.41) is 0. The highest BCUT2D eigenvalue weighted by Crippen LogP contribution is 2.43. The molecule has 1 atom stereocenters. The Morgan fingerprint density at radius 3 is 3.00 bits per heavy atom. The topological polar surface area (TPSA) is 67.8 Å². The van der Waals surface area contributed by atoms with Crippen LogP contribution >= 0.6 is 0 Å². The van der Waals surface area contributed by atoms with Crippen LogP contribution in [-0.4, -0.2) is 9.97 Å². The van der Waals surface area contributed by atoms with Crippen molar-refractivity contribution in [2.75, 3.05) is 0 Å². The summed E-state index contributed by atoms with van der Waals surface area (Å²) in [6.07, 6.45) is 7.57. The molecule has 1 fully saturated rings. The fraction of sp³-hybridized carbons (Fsp3) is 0.417. The minimum absolute atomic E-state index is 0.331. The highest BCUT2D eigenvalue weighted by atomic mass is 16.3. The summed E-state index contributed by atoms with van der Waals surface area (Å²) < 4.78 is 5.04. The van der Waals surface area contributed by atoms with Crippen LogP contribution in [0.15, 0.2) is 29.2 Å². The average Bonchev–Trinajstić information content (AvgIpc) is 2.82. The van der Waals surface area contributed by atoms with Gasteiger partial charge in [0, 0.05) is 5.56 Å². The maximum atomic E-state index is 6.29. The number of nitrogens with two attached hydrogens (primary N) is 1. The normalized spacial score (nSPS) is 19.6. The number of hydrogen-bond donors (Lipinski definition) is 2. The number of H-pyrrole nitrogens is 1. The number of nitrogens with zero attached hydrogens (tertiary/aromatic N) is 1. The Hall–Kier alpha value is -1.55. The predicted octanol–water partition coefficient (Wildman–Crippen LogP) is 2.25. The van der Waals surface area contributed by atoms with Gasteiger partial charge in [0.1, 0.15) is 5.82 Å². The first-order valence-corrected chi connectivity index (χ1v) is 5.55. The highest BCUT2D eigenvalue weighted by molar-refractivity contribution is 5.56. The molecule has 0 aromatic carbocycles. The summed E-state index contributed by atoms with van der Waals surface area (Å²) in [4.78, 5) is 7.66. The molecular formula is C12H15N3O. The molecule has 1 aliphatic rings. The van der Waals surface area contributed by atoms with Gasteiger partial charge in [-0.15, -0.1) is 0 Å². The van der Waals surface area contributed by atoms with Crippen molar-refractivity contribution in [3.05, 3.63) is 30.6 Å². The van der Waals surface area contributed by atoms with E-state index in [1.54, 1.807) is 12.5 Å². The molecular weight excluding hydrogens is 202 g/mol. The second-order valence-corrected chi connectivity index (χ2v) is 4.71. The second kappa shape index (κ2) is 3.22. The molecule has 1 unspecified atom stereocenters. The van der Waals surface area contributed by atoms with Crippen molar-refractivity contribution >= 4 is 0 Å². The van der Waals surface area contributed by atoms with Crippen molar-refractivity contribution in [3.63, 3.8) is 0 Å². The van der Waals surface area contributed by atoms with Crippen LogP contribution in [-0.2, 0) is 5.54 Å². The van der Waals surface area contributed by atoms with Crippen molar-refractivity contribution in [1.82, 2.24) is 9.97 Å². The molecule has 0 spiro atoms. The van der Waals surface area contributed by atoms with E-state index >= 15 is 0 Å². The number of nitrogens with one attached hydrogen (secondary N) is 1. The Morgan fingerprint density at radius 2 is 2.38 bits per heavy atom. The van der Waals surface area contributed by atoms with E-state index in [4.69, 9.17) is 10.2 Å². The van der Waals surface area contributed by atoms with Gasteiger partial charge < -0.3 is 15.1 Å². The number of aromatic amines is 1. The van der Waals surface area contributed by atoms with Crippen LogP contribution in [0, 0.1) is 5.92 Å². The fourth-order valence-corrected chi connectivity index (χ4v) is 2.04. The number of furan rings is 1. The minimum atomic E-state index is -0.331. The smallest absolute Gasteiger partial charge is 0.126 e. The Labute approximate surface area is 93.9 Å². The first-order valence-electron chi connectivity index (χ1n) is 5.55. The first-order chi connectivity index (χ1) is 7.68. The molecule has 0 aliphatic heterocycles. The van der Waals surface area contributed by atoms with Gasteiger partial charge in [0.15, 0.2) is 0 Å². The van der Waals surface area contributed by atoms with E-state index in [-0.39, 0.29) is 5.54 Å². The zero-order chi connectivity index (χ0) is 11.2. The number of rotatable bonds is 3. The lowest BCUT2D eigenvalue weighted by Crippen LogP contribution is -2.36. The van der Waals surface area contributed by atoms with Gasteiger partial charge in [-0.1, -0.05) is 0 Å². The quantitative estimate of drug-likeness (QED) is 0.828. The third-order valence-corrected chi connectivity index (χ3v) is 3.34. The molecule has 0 radical (unpaired) electrons. The van der Waals surface area contributed by atoms with Crippen molar-refractivity contribution in [2.24, 2.45) is 11.7 Å². The largest absolute Gasteiger partial charge is 0.472 e. The Kier molecular flexibility index (Phi) is 1.94. The van der Waals surface area contributed by atoms with Crippen molar-refractivity contribution in [1.29, 1.82) is 0 Å². The molecule has 2 aromatic heterocycles. The van der Waals surface area contributed by atoms with Crippen LogP contribution in [0.5, 0.6) is 0 Å². The summed E-state index contributed by atoms with van der Waals surface area (Å²) in [6.45, 7) is 2.04. The van der Waals surface area contributed by atoms with Crippen LogP contribution in [0.25, 0.3) is 11.3 Å². The molecule has 0 amide bonds. The van der Waals surface area contributed by atoms with Gasteiger partial charge in [-0.3, -0.25) is 0 Å². The highest BCUT2D eigenvalue weighted by Gasteiger charge is 2.41. The molecule has 84 valence electrons. The van der Waals surface area contributed by atoms with Gasteiger partial charge in [-0.2, -0.15) is 0 Å². The van der Waals surface area contributed by atoms with Crippen molar-refractivity contribution in [2.45, 2.75) is 25.3 Å². The molecule has 4 nitrogen and oxygen atoms in total. The standard InChI is InChI=1S/C12H15N3O/c1-12(13,9-2-3-9)11-14-6-10(15-11)8-4-5-16-7-8/h4-7,9H,2-3,13H2,1H3,(H,14,15). The number of hydrogen-bond acceptors (Lipinski definition) is 3. The van der Waals surface area contributed by atoms with Crippen molar-refractivity contribution < 1.29 is 4.42 Å². The molecule has 16 heavy (non-hydrogen) atoms. The lowest BCUT2D eigenvalue weighted by molar-refractivity contribution is 0.404. The van der Waals surface area contributed by atoms with Crippen LogP contribution in [0.3, 0.4) is 0 Å². The second-order valence-electron chi connectivity index (χ2n) is 4.71. The number of imidazole rings is 1. The SMILES string of the molecule is CC(N)(c1ncc(-c2ccoc2)[nH]1)C1CC1. The molecule has 1 saturated carbocycles. The predicted molar refractivity (Wildman–Crippen MR) is 60.6 cm³/mol. The average molecular weight is 217 g/mol. The van der Waals surface area contributed by atoms with E-state index in [2.05, 4.69) is 9.97 Å². The van der Waals surface area contributed by atoms with Crippen LogP contribution in [0.2, 0.25) is 0 Å². The maximum absolute atomic E-state index is 6.29. The summed E-state index contributed by atoms with van der Waals surface area (Å²) in [5.41, 5.74) is 7.93. The van der Waals surface area contributed by atoms with E-state index in [0.717, 1.165) is 17.1 Å². The van der Waals surface area contributed by atoms with Crippen LogP contribution < -0.4 is 5.73 Å². The molecule has 0 saturated heterocycles. The van der Waals surface area contributed by atoms with E-state index in [1.165, 1.54) is 12.8 Å². The first kappa shape index (κ1) is 9.66. The van der Waals surface area contributed by atoms with Gasteiger partial charge in [0.25, 0.3) is 0 Å². The zero-order valence-electron chi connectivity index (χ0n) is 9.23. The summed E-state index contributed by atoms with van der Waals surface area (Å²) in [7, 11) is 0. The zero-order valence-corrected chi connectivity index (χ0v) is 9.23. The summed E-state index contributed by atoms with van der Waals surface area (Å²) in [6, 6.07) is 1.91. The lowest BCUT2D eigenvalue weighted by atomic mass is 9.97. The molecule has 3 rings (SSSR count). The minimum Gasteiger partial charge on any atom is -0.472 e. The Balaban J connectivity index is 1.93. The summed E-state index contributed by atoms with van der Waals surface area (Å²) in [5.74, 6) is 1.43. The van der Waals surface area contributed by atoms with Gasteiger partial charge in [-0.05, 0) is 31.7 Å². The molecule has 2 aromatic rings. The molecule has 4 heteroatoms. The molecule has 2 heterocycles. The monoisotopic (exact) mass is 217 g/mol. The van der Waals surface area contributed by atoms with E-state index in [1.807, 2.05) is 19.2 Å². The van der Waals surface area contributed by atoms with Crippen LogP contribution in [0.4, 0.5) is 0 Å². The lowest BCUT2D eigenvalue weighted by Gasteiger charge is -2.21. The third kappa shape index (κ3) is 1.46.